The number of hydrogen-bond acceptors (Lipinski definition) is 2. The lowest BCUT2D eigenvalue weighted by Crippen LogP contribution is -2.40. The summed E-state index contributed by atoms with van der Waals surface area (Å²) >= 11 is 0. The van der Waals surface area contributed by atoms with Gasteiger partial charge in [-0.2, -0.15) is 0 Å². The standard InChI is InChI=1S/C16H26N2O/c1-5-18(6-2)15(19)12-17-16(13(3)4)14-10-8-7-9-11-14/h7-11,13,16-17H,5-6,12H2,1-4H3. The number of benzene rings is 1. The van der Waals surface area contributed by atoms with Crippen LogP contribution in [-0.4, -0.2) is 30.4 Å². The van der Waals surface area contributed by atoms with E-state index in [2.05, 4.69) is 31.3 Å². The molecular weight excluding hydrogens is 236 g/mol. The van der Waals surface area contributed by atoms with E-state index in [0.29, 0.717) is 12.5 Å². The zero-order chi connectivity index (χ0) is 14.3. The van der Waals surface area contributed by atoms with Crippen molar-refractivity contribution in [3.05, 3.63) is 35.9 Å². The first-order valence-corrected chi connectivity index (χ1v) is 7.16. The number of hydrogen-bond donors (Lipinski definition) is 1. The lowest BCUT2D eigenvalue weighted by molar-refractivity contribution is -0.130. The van der Waals surface area contributed by atoms with Gasteiger partial charge in [0.15, 0.2) is 0 Å². The van der Waals surface area contributed by atoms with Gasteiger partial charge in [0.2, 0.25) is 5.91 Å². The molecule has 1 rings (SSSR count). The van der Waals surface area contributed by atoms with Crippen molar-refractivity contribution in [1.82, 2.24) is 10.2 Å². The topological polar surface area (TPSA) is 32.3 Å². The van der Waals surface area contributed by atoms with Crippen LogP contribution in [0.2, 0.25) is 0 Å². The Morgan fingerprint density at radius 1 is 1.16 bits per heavy atom. The average Bonchev–Trinajstić information content (AvgIpc) is 2.41. The quantitative estimate of drug-likeness (QED) is 0.819. The molecule has 0 bridgehead atoms. The largest absolute Gasteiger partial charge is 0.342 e. The zero-order valence-electron chi connectivity index (χ0n) is 12.5. The molecule has 0 heterocycles. The summed E-state index contributed by atoms with van der Waals surface area (Å²) < 4.78 is 0. The molecule has 106 valence electrons. The summed E-state index contributed by atoms with van der Waals surface area (Å²) in [5.41, 5.74) is 1.24. The highest BCUT2D eigenvalue weighted by Crippen LogP contribution is 2.20. The number of nitrogens with zero attached hydrogens (tertiary/aromatic N) is 1. The van der Waals surface area contributed by atoms with Crippen molar-refractivity contribution < 1.29 is 4.79 Å². The van der Waals surface area contributed by atoms with Gasteiger partial charge in [-0.15, -0.1) is 0 Å². The zero-order valence-corrected chi connectivity index (χ0v) is 12.5. The Bertz CT molecular complexity index is 372. The molecular formula is C16H26N2O. The van der Waals surface area contributed by atoms with Crippen molar-refractivity contribution in [1.29, 1.82) is 0 Å². The van der Waals surface area contributed by atoms with E-state index < -0.39 is 0 Å². The maximum absolute atomic E-state index is 12.0. The lowest BCUT2D eigenvalue weighted by atomic mass is 9.96. The minimum atomic E-state index is 0.173. The van der Waals surface area contributed by atoms with Crippen LogP contribution in [0.4, 0.5) is 0 Å². The van der Waals surface area contributed by atoms with Crippen molar-refractivity contribution in [2.45, 2.75) is 33.7 Å². The highest BCUT2D eigenvalue weighted by atomic mass is 16.2. The van der Waals surface area contributed by atoms with Crippen molar-refractivity contribution in [3.63, 3.8) is 0 Å². The van der Waals surface area contributed by atoms with Crippen molar-refractivity contribution >= 4 is 5.91 Å². The molecule has 0 radical (unpaired) electrons. The number of likely N-dealkylation sites (N-methyl/N-ethyl adjacent to an activating group) is 1. The summed E-state index contributed by atoms with van der Waals surface area (Å²) in [7, 11) is 0. The minimum Gasteiger partial charge on any atom is -0.342 e. The van der Waals surface area contributed by atoms with Gasteiger partial charge < -0.3 is 10.2 Å². The Kier molecular flexibility index (Phi) is 6.57. The number of rotatable bonds is 7. The Morgan fingerprint density at radius 3 is 2.21 bits per heavy atom. The van der Waals surface area contributed by atoms with Gasteiger partial charge in [-0.1, -0.05) is 44.2 Å². The fraction of sp³-hybridized carbons (Fsp3) is 0.562. The predicted octanol–water partition coefficient (Wildman–Crippen LogP) is 2.84. The SMILES string of the molecule is CCN(CC)C(=O)CNC(c1ccccc1)C(C)C. The second-order valence-electron chi connectivity index (χ2n) is 5.08. The summed E-state index contributed by atoms with van der Waals surface area (Å²) in [5.74, 6) is 0.624. The number of nitrogens with one attached hydrogen (secondary N) is 1. The fourth-order valence-corrected chi connectivity index (χ4v) is 2.28. The van der Waals surface area contributed by atoms with E-state index in [4.69, 9.17) is 0 Å². The normalized spacial score (nSPS) is 12.5. The summed E-state index contributed by atoms with van der Waals surface area (Å²) in [6.45, 7) is 10.3. The van der Waals surface area contributed by atoms with Crippen LogP contribution in [0.25, 0.3) is 0 Å². The monoisotopic (exact) mass is 262 g/mol. The first-order valence-electron chi connectivity index (χ1n) is 7.16. The fourth-order valence-electron chi connectivity index (χ4n) is 2.28. The van der Waals surface area contributed by atoms with Gasteiger partial charge in [0, 0.05) is 19.1 Å². The van der Waals surface area contributed by atoms with E-state index in [1.165, 1.54) is 5.56 Å². The molecule has 1 unspecified atom stereocenters. The number of carbonyl (C=O) groups excluding carboxylic acids is 1. The smallest absolute Gasteiger partial charge is 0.236 e. The molecule has 1 aromatic carbocycles. The number of amides is 1. The Labute approximate surface area is 117 Å². The molecule has 0 aliphatic carbocycles. The van der Waals surface area contributed by atoms with Gasteiger partial charge in [-0.05, 0) is 25.3 Å². The molecule has 0 fully saturated rings. The average molecular weight is 262 g/mol. The van der Waals surface area contributed by atoms with Gasteiger partial charge in [-0.3, -0.25) is 4.79 Å². The van der Waals surface area contributed by atoms with E-state index >= 15 is 0 Å². The molecule has 0 aliphatic heterocycles. The molecule has 1 amide bonds. The summed E-state index contributed by atoms with van der Waals surface area (Å²) in [5, 5.41) is 3.39. The predicted molar refractivity (Wildman–Crippen MR) is 80.0 cm³/mol. The van der Waals surface area contributed by atoms with Crippen LogP contribution in [-0.2, 0) is 4.79 Å². The Morgan fingerprint density at radius 2 is 1.74 bits per heavy atom. The molecule has 19 heavy (non-hydrogen) atoms. The van der Waals surface area contributed by atoms with Gasteiger partial charge in [0.05, 0.1) is 6.54 Å². The van der Waals surface area contributed by atoms with Crippen LogP contribution >= 0.6 is 0 Å². The van der Waals surface area contributed by atoms with E-state index in [0.717, 1.165) is 13.1 Å². The van der Waals surface area contributed by atoms with Gasteiger partial charge in [-0.25, -0.2) is 0 Å². The van der Waals surface area contributed by atoms with Gasteiger partial charge >= 0.3 is 0 Å². The minimum absolute atomic E-state index is 0.173. The number of carbonyl (C=O) groups is 1. The molecule has 0 spiro atoms. The third-order valence-electron chi connectivity index (χ3n) is 3.41. The van der Waals surface area contributed by atoms with Crippen LogP contribution < -0.4 is 5.32 Å². The molecule has 0 aliphatic rings. The Hall–Kier alpha value is -1.35. The molecule has 0 aromatic heterocycles. The Balaban J connectivity index is 2.64. The first kappa shape index (κ1) is 15.7. The van der Waals surface area contributed by atoms with Crippen molar-refractivity contribution in [2.24, 2.45) is 5.92 Å². The van der Waals surface area contributed by atoms with E-state index in [1.807, 2.05) is 36.9 Å². The molecule has 1 atom stereocenters. The van der Waals surface area contributed by atoms with Crippen LogP contribution in [0.3, 0.4) is 0 Å². The first-order chi connectivity index (χ1) is 9.10. The van der Waals surface area contributed by atoms with Gasteiger partial charge in [0.1, 0.15) is 0 Å². The highest BCUT2D eigenvalue weighted by molar-refractivity contribution is 5.78. The highest BCUT2D eigenvalue weighted by Gasteiger charge is 2.17. The maximum atomic E-state index is 12.0. The summed E-state index contributed by atoms with van der Waals surface area (Å²) in [6.07, 6.45) is 0. The third-order valence-corrected chi connectivity index (χ3v) is 3.41. The van der Waals surface area contributed by atoms with Crippen molar-refractivity contribution in [3.8, 4) is 0 Å². The van der Waals surface area contributed by atoms with Crippen LogP contribution in [0, 0.1) is 5.92 Å². The molecule has 1 N–H and O–H groups in total. The molecule has 1 aromatic rings. The van der Waals surface area contributed by atoms with E-state index in [-0.39, 0.29) is 11.9 Å². The van der Waals surface area contributed by atoms with Crippen LogP contribution in [0.15, 0.2) is 30.3 Å². The van der Waals surface area contributed by atoms with Crippen LogP contribution in [0.5, 0.6) is 0 Å². The molecule has 0 saturated carbocycles. The van der Waals surface area contributed by atoms with E-state index in [9.17, 15) is 4.79 Å². The molecule has 0 saturated heterocycles. The second kappa shape index (κ2) is 7.95. The summed E-state index contributed by atoms with van der Waals surface area (Å²) in [4.78, 5) is 13.9. The second-order valence-corrected chi connectivity index (χ2v) is 5.08. The van der Waals surface area contributed by atoms with E-state index in [1.54, 1.807) is 0 Å². The molecule has 3 nitrogen and oxygen atoms in total. The maximum Gasteiger partial charge on any atom is 0.236 e. The summed E-state index contributed by atoms with van der Waals surface area (Å²) in [6, 6.07) is 10.5. The lowest BCUT2D eigenvalue weighted by Gasteiger charge is -2.25. The van der Waals surface area contributed by atoms with Crippen molar-refractivity contribution in [2.75, 3.05) is 19.6 Å². The van der Waals surface area contributed by atoms with Crippen LogP contribution in [0.1, 0.15) is 39.3 Å². The molecule has 3 heteroatoms. The van der Waals surface area contributed by atoms with Gasteiger partial charge in [0.25, 0.3) is 0 Å². The third kappa shape index (κ3) is 4.67.